The van der Waals surface area contributed by atoms with Gasteiger partial charge in [-0.05, 0) is 89.3 Å². The van der Waals surface area contributed by atoms with Gasteiger partial charge in [-0.15, -0.1) is 0 Å². The lowest BCUT2D eigenvalue weighted by Gasteiger charge is -2.46. The maximum atomic E-state index is 16.2. The van der Waals surface area contributed by atoms with E-state index in [1.54, 1.807) is 80.8 Å². The van der Waals surface area contributed by atoms with E-state index in [1.165, 1.54) is 0 Å². The highest BCUT2D eigenvalue weighted by Gasteiger charge is 2.76. The number of aliphatic hydroxyl groups excluding tert-OH is 1. The molecular formula is C53H45N3O9. The first-order valence-electron chi connectivity index (χ1n) is 21.3. The zero-order valence-corrected chi connectivity index (χ0v) is 35.5. The number of carboxylic acid groups (broad SMARTS) is 1. The molecule has 3 N–H and O–H groups in total. The summed E-state index contributed by atoms with van der Waals surface area (Å²) in [6, 6.07) is 41.9. The molecule has 326 valence electrons. The minimum absolute atomic E-state index is 0.0378. The van der Waals surface area contributed by atoms with Crippen LogP contribution >= 0.6 is 0 Å². The Hall–Kier alpha value is -7.72. The largest absolute Gasteiger partial charge is 0.497 e. The van der Waals surface area contributed by atoms with Gasteiger partial charge >= 0.3 is 18.0 Å². The number of nitrogens with one attached hydrogen (secondary N) is 1. The third-order valence-corrected chi connectivity index (χ3v) is 12.5. The van der Waals surface area contributed by atoms with E-state index in [4.69, 9.17) is 14.2 Å². The van der Waals surface area contributed by atoms with E-state index in [0.717, 1.165) is 10.5 Å². The molecule has 3 aliphatic rings. The van der Waals surface area contributed by atoms with Crippen molar-refractivity contribution in [2.75, 3.05) is 25.2 Å². The maximum absolute atomic E-state index is 16.2. The van der Waals surface area contributed by atoms with Crippen molar-refractivity contribution in [3.8, 4) is 23.3 Å². The number of hydrogen-bond acceptors (Lipinski definition) is 9. The molecule has 0 aliphatic carbocycles. The first-order valence-corrected chi connectivity index (χ1v) is 21.3. The molecule has 12 nitrogen and oxygen atoms in total. The van der Waals surface area contributed by atoms with Crippen LogP contribution in [0.5, 0.6) is 11.5 Å². The Kier molecular flexibility index (Phi) is 11.7. The molecule has 0 bridgehead atoms. The highest BCUT2D eigenvalue weighted by atomic mass is 16.6. The molecule has 2 saturated heterocycles. The number of fused-ring (bicyclic) bond motifs is 3. The second-order valence-electron chi connectivity index (χ2n) is 16.2. The average molecular weight is 868 g/mol. The standard InChI is InChI=1S/C53H45N3O9/c1-33(36-13-6-3-7-14-36)54-52(62)55-43-28-25-35(22-21-34-23-26-40(63-2)27-24-34)31-42(43)53(51(55)61)44(49(58)59)46-50(60)65-47(38-17-10-5-11-18-38)45(37-15-8-4-9-16-37)56(46)48(53)39-19-12-20-41(32-39)64-30-29-57/h3-20,23-28,31-33,44-48,57H,29-30H2,1-2H3,(H,54,62)(H,58,59). The Morgan fingerprint density at radius 3 is 2.05 bits per heavy atom. The lowest BCUT2D eigenvalue weighted by molar-refractivity contribution is -0.179. The smallest absolute Gasteiger partial charge is 0.329 e. The number of anilines is 1. The Morgan fingerprint density at radius 1 is 0.754 bits per heavy atom. The average Bonchev–Trinajstić information content (AvgIpc) is 3.80. The molecule has 3 heterocycles. The Balaban J connectivity index is 1.32. The number of rotatable bonds is 10. The van der Waals surface area contributed by atoms with Crippen LogP contribution in [0.1, 0.15) is 70.1 Å². The molecule has 7 atom stereocenters. The number of benzene rings is 6. The number of ether oxygens (including phenoxy) is 3. The van der Waals surface area contributed by atoms with Crippen LogP contribution in [0.3, 0.4) is 0 Å². The van der Waals surface area contributed by atoms with Gasteiger partial charge in [-0.1, -0.05) is 115 Å². The second-order valence-corrected chi connectivity index (χ2v) is 16.2. The summed E-state index contributed by atoms with van der Waals surface area (Å²) in [6.45, 7) is 1.48. The number of aliphatic hydroxyl groups is 1. The van der Waals surface area contributed by atoms with Crippen molar-refractivity contribution in [1.29, 1.82) is 0 Å². The van der Waals surface area contributed by atoms with Gasteiger partial charge in [-0.25, -0.2) is 9.69 Å². The lowest BCUT2D eigenvalue weighted by atomic mass is 9.65. The fraction of sp³-hybridized carbons (Fsp3) is 0.208. The predicted molar refractivity (Wildman–Crippen MR) is 241 cm³/mol. The topological polar surface area (TPSA) is 155 Å². The minimum atomic E-state index is -2.16. The van der Waals surface area contributed by atoms with E-state index >= 15 is 4.79 Å². The quantitative estimate of drug-likeness (QED) is 0.0923. The number of imide groups is 1. The van der Waals surface area contributed by atoms with E-state index in [9.17, 15) is 24.6 Å². The van der Waals surface area contributed by atoms with Crippen molar-refractivity contribution in [2.24, 2.45) is 5.92 Å². The van der Waals surface area contributed by atoms with Crippen LogP contribution in [-0.2, 0) is 24.5 Å². The highest BCUT2D eigenvalue weighted by Crippen LogP contribution is 2.66. The molecule has 7 unspecified atom stereocenters. The molecule has 12 heteroatoms. The monoisotopic (exact) mass is 867 g/mol. The molecule has 0 aromatic heterocycles. The van der Waals surface area contributed by atoms with Crippen LogP contribution in [0.4, 0.5) is 10.5 Å². The van der Waals surface area contributed by atoms with Crippen molar-refractivity contribution in [3.63, 3.8) is 0 Å². The molecule has 65 heavy (non-hydrogen) atoms. The van der Waals surface area contributed by atoms with Gasteiger partial charge in [0.05, 0.1) is 37.5 Å². The molecule has 0 saturated carbocycles. The number of carbonyl (C=O) groups excluding carboxylic acids is 3. The molecule has 9 rings (SSSR count). The summed E-state index contributed by atoms with van der Waals surface area (Å²) in [7, 11) is 1.57. The number of hydrogen-bond donors (Lipinski definition) is 3. The zero-order chi connectivity index (χ0) is 45.2. The number of urea groups is 1. The number of aliphatic carboxylic acids is 1. The van der Waals surface area contributed by atoms with Crippen molar-refractivity contribution in [1.82, 2.24) is 10.2 Å². The van der Waals surface area contributed by atoms with Gasteiger partial charge in [0.2, 0.25) is 5.91 Å². The van der Waals surface area contributed by atoms with Crippen molar-refractivity contribution < 1.29 is 43.6 Å². The number of cyclic esters (lactones) is 1. The molecule has 3 amide bonds. The van der Waals surface area contributed by atoms with E-state index in [1.807, 2.05) is 95.9 Å². The predicted octanol–water partition coefficient (Wildman–Crippen LogP) is 7.69. The Labute approximate surface area is 376 Å². The summed E-state index contributed by atoms with van der Waals surface area (Å²) < 4.78 is 17.6. The third-order valence-electron chi connectivity index (χ3n) is 12.5. The van der Waals surface area contributed by atoms with Gasteiger partial charge in [0.15, 0.2) is 0 Å². The van der Waals surface area contributed by atoms with Crippen molar-refractivity contribution in [2.45, 2.75) is 42.6 Å². The normalized spacial score (nSPS) is 22.5. The van der Waals surface area contributed by atoms with Gasteiger partial charge in [-0.3, -0.25) is 19.3 Å². The summed E-state index contributed by atoms with van der Waals surface area (Å²) in [4.78, 5) is 63.2. The molecule has 3 aliphatic heterocycles. The van der Waals surface area contributed by atoms with Crippen molar-refractivity contribution in [3.05, 3.63) is 197 Å². The van der Waals surface area contributed by atoms with Crippen molar-refractivity contribution >= 4 is 29.6 Å². The second kappa shape index (κ2) is 17.8. The molecule has 0 radical (unpaired) electrons. The number of carbonyl (C=O) groups is 4. The summed E-state index contributed by atoms with van der Waals surface area (Å²) in [5, 5.41) is 24.4. The molecule has 2 fully saturated rings. The van der Waals surface area contributed by atoms with Gasteiger partial charge < -0.3 is 29.7 Å². The van der Waals surface area contributed by atoms with E-state index in [0.29, 0.717) is 39.3 Å². The number of carboxylic acids is 1. The number of esters is 1. The van der Waals surface area contributed by atoms with Crippen LogP contribution in [0, 0.1) is 17.8 Å². The Bertz CT molecular complexity index is 2810. The van der Waals surface area contributed by atoms with Crippen LogP contribution in [0.2, 0.25) is 0 Å². The van der Waals surface area contributed by atoms with Gasteiger partial charge in [0, 0.05) is 11.1 Å². The van der Waals surface area contributed by atoms with Crippen LogP contribution in [0.25, 0.3) is 0 Å². The van der Waals surface area contributed by atoms with E-state index in [-0.39, 0.29) is 24.5 Å². The first-order chi connectivity index (χ1) is 31.6. The van der Waals surface area contributed by atoms with Gasteiger partial charge in [-0.2, -0.15) is 0 Å². The Morgan fingerprint density at radius 2 is 1.38 bits per heavy atom. The van der Waals surface area contributed by atoms with Gasteiger partial charge in [0.25, 0.3) is 0 Å². The number of nitrogens with zero attached hydrogens (tertiary/aromatic N) is 2. The summed E-state index contributed by atoms with van der Waals surface area (Å²) >= 11 is 0. The van der Waals surface area contributed by atoms with Crippen LogP contribution in [0.15, 0.2) is 158 Å². The fourth-order valence-corrected chi connectivity index (χ4v) is 9.80. The minimum Gasteiger partial charge on any atom is -0.497 e. The molecule has 1 spiro atoms. The third kappa shape index (κ3) is 7.54. The number of methoxy groups -OCH3 is 1. The SMILES string of the molecule is COc1ccc(C#Cc2ccc3c(c2)C2(C(=O)N3C(=O)NC(C)c3ccccc3)C(C(=O)O)C3C(=O)OC(c4ccccc4)C(c4ccccc4)N3C2c2cccc(OCCO)c2)cc1. The lowest BCUT2D eigenvalue weighted by Crippen LogP contribution is -2.54. The molecular weight excluding hydrogens is 823 g/mol. The molecule has 6 aromatic rings. The van der Waals surface area contributed by atoms with E-state index < -0.39 is 65.5 Å². The fourth-order valence-electron chi connectivity index (χ4n) is 9.80. The highest BCUT2D eigenvalue weighted by molar-refractivity contribution is 6.24. The van der Waals surface area contributed by atoms with Crippen LogP contribution < -0.4 is 19.7 Å². The molecule has 6 aromatic carbocycles. The summed E-state index contributed by atoms with van der Waals surface area (Å²) in [6.07, 6.45) is -0.952. The number of morpholine rings is 1. The first kappa shape index (κ1) is 42.6. The summed E-state index contributed by atoms with van der Waals surface area (Å²) in [5.41, 5.74) is 1.88. The van der Waals surface area contributed by atoms with Gasteiger partial charge in [0.1, 0.15) is 41.6 Å². The van der Waals surface area contributed by atoms with Crippen LogP contribution in [-0.4, -0.2) is 65.4 Å². The van der Waals surface area contributed by atoms with E-state index in [2.05, 4.69) is 17.2 Å². The maximum Gasteiger partial charge on any atom is 0.329 e. The number of amides is 3. The summed E-state index contributed by atoms with van der Waals surface area (Å²) in [5.74, 6) is 2.45. The zero-order valence-electron chi connectivity index (χ0n) is 35.5.